The number of hydrogen-bond donors (Lipinski definition) is 3. The van der Waals surface area contributed by atoms with Gasteiger partial charge in [-0.2, -0.15) is 0 Å². The molecule has 0 aliphatic carbocycles. The highest BCUT2D eigenvalue weighted by molar-refractivity contribution is 5.94. The number of furan rings is 1. The molecule has 2 amide bonds. The van der Waals surface area contributed by atoms with Crippen LogP contribution in [0, 0.1) is 6.92 Å². The first-order valence-corrected chi connectivity index (χ1v) is 6.47. The molecule has 6 nitrogen and oxygen atoms in total. The van der Waals surface area contributed by atoms with Gasteiger partial charge in [-0.05, 0) is 36.8 Å². The highest BCUT2D eigenvalue weighted by Crippen LogP contribution is 2.23. The molecule has 6 heteroatoms. The van der Waals surface area contributed by atoms with Gasteiger partial charge in [0.25, 0.3) is 5.91 Å². The number of aromatic hydroxyl groups is 1. The van der Waals surface area contributed by atoms with Crippen LogP contribution >= 0.6 is 0 Å². The molecule has 1 aromatic heterocycles. The smallest absolute Gasteiger partial charge is 0.286 e. The van der Waals surface area contributed by atoms with Crippen LogP contribution in [0.2, 0.25) is 0 Å². The molecule has 0 saturated carbocycles. The topological polar surface area (TPSA) is 91.6 Å². The first-order chi connectivity index (χ1) is 10.1. The number of nitrogens with one attached hydrogen (secondary N) is 2. The minimum absolute atomic E-state index is 0.0166. The van der Waals surface area contributed by atoms with Gasteiger partial charge < -0.3 is 20.2 Å². The maximum Gasteiger partial charge on any atom is 0.286 e. The molecule has 0 fully saturated rings. The lowest BCUT2D eigenvalue weighted by Gasteiger charge is -2.08. The van der Waals surface area contributed by atoms with Gasteiger partial charge in [-0.1, -0.05) is 6.07 Å². The Morgan fingerprint density at radius 3 is 2.76 bits per heavy atom. The van der Waals surface area contributed by atoms with E-state index in [1.807, 2.05) is 6.92 Å². The molecule has 2 rings (SSSR count). The molecule has 1 aromatic carbocycles. The summed E-state index contributed by atoms with van der Waals surface area (Å²) in [6.45, 7) is 2.02. The lowest BCUT2D eigenvalue weighted by Crippen LogP contribution is -2.27. The average Bonchev–Trinajstić information content (AvgIpc) is 2.96. The molecule has 0 bridgehead atoms. The Bertz CT molecular complexity index is 635. The molecule has 3 N–H and O–H groups in total. The second-order valence-electron chi connectivity index (χ2n) is 4.55. The molecule has 0 saturated heterocycles. The van der Waals surface area contributed by atoms with Gasteiger partial charge in [0, 0.05) is 13.0 Å². The normalized spacial score (nSPS) is 10.1. The largest absolute Gasteiger partial charge is 0.506 e. The van der Waals surface area contributed by atoms with Gasteiger partial charge in [-0.25, -0.2) is 0 Å². The Hall–Kier alpha value is -2.76. The standard InChI is InChI=1S/C15H16N2O4/c1-10-4-5-11(12(18)9-10)17-14(19)6-7-16-15(20)13-3-2-8-21-13/h2-5,8-9,18H,6-7H2,1H3,(H,16,20)(H,17,19). The number of hydrogen-bond acceptors (Lipinski definition) is 4. The third-order valence-corrected chi connectivity index (χ3v) is 2.81. The fourth-order valence-electron chi connectivity index (χ4n) is 1.74. The minimum atomic E-state index is -0.369. The molecule has 2 aromatic rings. The van der Waals surface area contributed by atoms with Crippen LogP contribution in [0.5, 0.6) is 5.75 Å². The van der Waals surface area contributed by atoms with Crippen molar-refractivity contribution in [3.8, 4) is 5.75 Å². The van der Waals surface area contributed by atoms with Crippen LogP contribution in [0.25, 0.3) is 0 Å². The minimum Gasteiger partial charge on any atom is -0.506 e. The maximum absolute atomic E-state index is 11.7. The molecule has 0 atom stereocenters. The maximum atomic E-state index is 11.7. The Morgan fingerprint density at radius 2 is 2.10 bits per heavy atom. The van der Waals surface area contributed by atoms with Crippen LogP contribution in [-0.4, -0.2) is 23.5 Å². The Kier molecular flexibility index (Phi) is 4.61. The van der Waals surface area contributed by atoms with Crippen LogP contribution in [-0.2, 0) is 4.79 Å². The number of anilines is 1. The highest BCUT2D eigenvalue weighted by Gasteiger charge is 2.10. The second-order valence-corrected chi connectivity index (χ2v) is 4.55. The average molecular weight is 288 g/mol. The van der Waals surface area contributed by atoms with Crippen molar-refractivity contribution in [3.05, 3.63) is 47.9 Å². The lowest BCUT2D eigenvalue weighted by atomic mass is 10.2. The fourth-order valence-corrected chi connectivity index (χ4v) is 1.74. The number of amides is 2. The van der Waals surface area contributed by atoms with Gasteiger partial charge in [-0.3, -0.25) is 9.59 Å². The van der Waals surface area contributed by atoms with Crippen molar-refractivity contribution in [1.82, 2.24) is 5.32 Å². The van der Waals surface area contributed by atoms with E-state index < -0.39 is 0 Å². The number of carbonyl (C=O) groups excluding carboxylic acids is 2. The quantitative estimate of drug-likeness (QED) is 0.734. The van der Waals surface area contributed by atoms with Gasteiger partial charge in [0.15, 0.2) is 5.76 Å². The van der Waals surface area contributed by atoms with Crippen LogP contribution in [0.15, 0.2) is 41.0 Å². The van der Waals surface area contributed by atoms with E-state index in [9.17, 15) is 14.7 Å². The van der Waals surface area contributed by atoms with E-state index in [2.05, 4.69) is 10.6 Å². The van der Waals surface area contributed by atoms with Crippen molar-refractivity contribution in [2.45, 2.75) is 13.3 Å². The van der Waals surface area contributed by atoms with Gasteiger partial charge in [0.05, 0.1) is 12.0 Å². The summed E-state index contributed by atoms with van der Waals surface area (Å²) >= 11 is 0. The third-order valence-electron chi connectivity index (χ3n) is 2.81. The van der Waals surface area contributed by atoms with E-state index in [-0.39, 0.29) is 36.3 Å². The summed E-state index contributed by atoms with van der Waals surface area (Å²) in [5, 5.41) is 14.8. The van der Waals surface area contributed by atoms with Crippen molar-refractivity contribution in [1.29, 1.82) is 0 Å². The SMILES string of the molecule is Cc1ccc(NC(=O)CCNC(=O)c2ccco2)c(O)c1. The van der Waals surface area contributed by atoms with Gasteiger partial charge in [0.2, 0.25) is 5.91 Å². The number of benzene rings is 1. The molecule has 21 heavy (non-hydrogen) atoms. The summed E-state index contributed by atoms with van der Waals surface area (Å²) in [6, 6.07) is 8.13. The molecule has 110 valence electrons. The third kappa shape index (κ3) is 4.10. The summed E-state index contributed by atoms with van der Waals surface area (Å²) in [7, 11) is 0. The molecule has 1 heterocycles. The number of aryl methyl sites for hydroxylation is 1. The number of phenols is 1. The zero-order chi connectivity index (χ0) is 15.2. The van der Waals surface area contributed by atoms with E-state index in [0.29, 0.717) is 5.69 Å². The zero-order valence-corrected chi connectivity index (χ0v) is 11.6. The van der Waals surface area contributed by atoms with Gasteiger partial charge in [-0.15, -0.1) is 0 Å². The van der Waals surface area contributed by atoms with Crippen LogP contribution < -0.4 is 10.6 Å². The molecule has 0 unspecified atom stereocenters. The molecule has 0 radical (unpaired) electrons. The number of rotatable bonds is 5. The van der Waals surface area contributed by atoms with Crippen LogP contribution in [0.4, 0.5) is 5.69 Å². The van der Waals surface area contributed by atoms with Crippen LogP contribution in [0.3, 0.4) is 0 Å². The van der Waals surface area contributed by atoms with E-state index in [4.69, 9.17) is 4.42 Å². The van der Waals surface area contributed by atoms with Crippen molar-refractivity contribution < 1.29 is 19.1 Å². The van der Waals surface area contributed by atoms with Crippen molar-refractivity contribution in [3.63, 3.8) is 0 Å². The van der Waals surface area contributed by atoms with Gasteiger partial charge >= 0.3 is 0 Å². The van der Waals surface area contributed by atoms with E-state index in [1.165, 1.54) is 6.26 Å². The van der Waals surface area contributed by atoms with E-state index >= 15 is 0 Å². The summed E-state index contributed by atoms with van der Waals surface area (Å²) in [6.07, 6.45) is 1.50. The number of phenolic OH excluding ortho intramolecular Hbond substituents is 1. The van der Waals surface area contributed by atoms with Crippen molar-refractivity contribution in [2.75, 3.05) is 11.9 Å². The highest BCUT2D eigenvalue weighted by atomic mass is 16.3. The van der Waals surface area contributed by atoms with E-state index in [0.717, 1.165) is 5.56 Å². The molecular weight excluding hydrogens is 272 g/mol. The summed E-state index contributed by atoms with van der Waals surface area (Å²) in [4.78, 5) is 23.3. The first-order valence-electron chi connectivity index (χ1n) is 6.47. The van der Waals surface area contributed by atoms with Gasteiger partial charge in [0.1, 0.15) is 5.75 Å². The first kappa shape index (κ1) is 14.6. The molecule has 0 aliphatic heterocycles. The Morgan fingerprint density at radius 1 is 1.29 bits per heavy atom. The summed E-state index contributed by atoms with van der Waals surface area (Å²) < 4.78 is 4.93. The van der Waals surface area contributed by atoms with E-state index in [1.54, 1.807) is 30.3 Å². The molecular formula is C15H16N2O4. The Balaban J connectivity index is 1.78. The van der Waals surface area contributed by atoms with Crippen molar-refractivity contribution >= 4 is 17.5 Å². The van der Waals surface area contributed by atoms with Crippen molar-refractivity contribution in [2.24, 2.45) is 0 Å². The monoisotopic (exact) mass is 288 g/mol. The predicted octanol–water partition coefficient (Wildman–Crippen LogP) is 2.05. The lowest BCUT2D eigenvalue weighted by molar-refractivity contribution is -0.116. The molecule has 0 aliphatic rings. The fraction of sp³-hybridized carbons (Fsp3) is 0.200. The predicted molar refractivity (Wildman–Crippen MR) is 77.1 cm³/mol. The van der Waals surface area contributed by atoms with Crippen LogP contribution in [0.1, 0.15) is 22.5 Å². The summed E-state index contributed by atoms with van der Waals surface area (Å²) in [5.41, 5.74) is 1.25. The second kappa shape index (κ2) is 6.60. The Labute approximate surface area is 121 Å². The number of carbonyl (C=O) groups is 2. The molecule has 0 spiro atoms. The zero-order valence-electron chi connectivity index (χ0n) is 11.6. The summed E-state index contributed by atoms with van der Waals surface area (Å²) in [5.74, 6) is -0.450.